The van der Waals surface area contributed by atoms with E-state index in [0.29, 0.717) is 29.1 Å². The van der Waals surface area contributed by atoms with Gasteiger partial charge in [-0.1, -0.05) is 29.8 Å². The van der Waals surface area contributed by atoms with Crippen LogP contribution in [0.5, 0.6) is 0 Å². The Morgan fingerprint density at radius 3 is 2.13 bits per heavy atom. The van der Waals surface area contributed by atoms with Crippen molar-refractivity contribution in [3.8, 4) is 0 Å². The molecule has 0 saturated heterocycles. The molecule has 4 aromatic carbocycles. The summed E-state index contributed by atoms with van der Waals surface area (Å²) in [6.45, 7) is 0. The van der Waals surface area contributed by atoms with E-state index in [1.807, 2.05) is 6.08 Å². The molecule has 1 fully saturated rings. The summed E-state index contributed by atoms with van der Waals surface area (Å²) in [6, 6.07) is 23.0. The fourth-order valence-electron chi connectivity index (χ4n) is 5.87. The quantitative estimate of drug-likeness (QED) is 0.148. The summed E-state index contributed by atoms with van der Waals surface area (Å²) in [7, 11) is -3.97. The number of sulfone groups is 1. The maximum Gasteiger partial charge on any atom is 0.274 e. The Kier molecular flexibility index (Phi) is 8.24. The third-order valence-electron chi connectivity index (χ3n) is 8.12. The van der Waals surface area contributed by atoms with E-state index < -0.39 is 31.6 Å². The van der Waals surface area contributed by atoms with Crippen LogP contribution < -0.4 is 0 Å². The number of hydrogen-bond donors (Lipinski definition) is 0. The van der Waals surface area contributed by atoms with Gasteiger partial charge >= 0.3 is 0 Å². The standard InChI is InChI=1S/C33H25ClN4O7S/c34-25-11-17-28(18-12-25)46(44,45)29-5-1-4-24(20-29)33(39)36-32(22-9-15-27(16-10-22)38(42)43)30-6-2-3-23(31(30)35-36)19-21-7-13-26(14-8-21)37(40)41/h1,4-5,7-20,30,32H,2-3,6H2/b23-19-/t30-,32+/m0/s1. The van der Waals surface area contributed by atoms with E-state index in [1.165, 1.54) is 77.8 Å². The van der Waals surface area contributed by atoms with E-state index in [4.69, 9.17) is 16.7 Å². The summed E-state index contributed by atoms with van der Waals surface area (Å²) in [5.74, 6) is -0.780. The highest BCUT2D eigenvalue weighted by Gasteiger charge is 2.44. The van der Waals surface area contributed by atoms with Gasteiger partial charge in [-0.05, 0) is 96.6 Å². The maximum atomic E-state index is 14.2. The molecular weight excluding hydrogens is 632 g/mol. The highest BCUT2D eigenvalue weighted by molar-refractivity contribution is 7.91. The smallest absolute Gasteiger partial charge is 0.267 e. The number of benzene rings is 4. The van der Waals surface area contributed by atoms with E-state index in [9.17, 15) is 33.4 Å². The van der Waals surface area contributed by atoms with Gasteiger partial charge in [0.25, 0.3) is 17.3 Å². The number of hydrogen-bond acceptors (Lipinski definition) is 8. The molecule has 1 amide bonds. The second kappa shape index (κ2) is 12.3. The van der Waals surface area contributed by atoms with Gasteiger partial charge in [0.15, 0.2) is 0 Å². The van der Waals surface area contributed by atoms with Gasteiger partial charge in [-0.25, -0.2) is 13.4 Å². The van der Waals surface area contributed by atoms with Crippen LogP contribution in [0.15, 0.2) is 118 Å². The number of carbonyl (C=O) groups is 1. The first kappa shape index (κ1) is 30.8. The van der Waals surface area contributed by atoms with Crippen molar-refractivity contribution in [3.63, 3.8) is 0 Å². The number of nitro benzene ring substituents is 2. The summed E-state index contributed by atoms with van der Waals surface area (Å²) in [4.78, 5) is 35.6. The van der Waals surface area contributed by atoms with Gasteiger partial charge in [0.2, 0.25) is 9.84 Å². The van der Waals surface area contributed by atoms with Crippen molar-refractivity contribution in [2.75, 3.05) is 0 Å². The van der Waals surface area contributed by atoms with Crippen molar-refractivity contribution >= 4 is 50.5 Å². The van der Waals surface area contributed by atoms with Crippen LogP contribution in [-0.2, 0) is 9.84 Å². The van der Waals surface area contributed by atoms with Gasteiger partial charge in [-0.15, -0.1) is 0 Å². The molecule has 2 aliphatic rings. The third-order valence-corrected chi connectivity index (χ3v) is 10.1. The van der Waals surface area contributed by atoms with Crippen LogP contribution in [0.25, 0.3) is 6.08 Å². The van der Waals surface area contributed by atoms with E-state index in [2.05, 4.69) is 0 Å². The number of fused-ring (bicyclic) bond motifs is 1. The summed E-state index contributed by atoms with van der Waals surface area (Å²) >= 11 is 5.94. The maximum absolute atomic E-state index is 14.2. The van der Waals surface area contributed by atoms with Gasteiger partial charge in [0, 0.05) is 40.8 Å². The number of hydrazone groups is 1. The van der Waals surface area contributed by atoms with Gasteiger partial charge in [-0.3, -0.25) is 25.0 Å². The van der Waals surface area contributed by atoms with E-state index in [-0.39, 0.29) is 32.6 Å². The van der Waals surface area contributed by atoms with Crippen LogP contribution in [0.2, 0.25) is 5.02 Å². The number of halogens is 1. The minimum Gasteiger partial charge on any atom is -0.267 e. The van der Waals surface area contributed by atoms with Crippen LogP contribution in [0.1, 0.15) is 46.8 Å². The molecular formula is C33H25ClN4O7S. The Morgan fingerprint density at radius 2 is 1.50 bits per heavy atom. The Bertz CT molecular complexity index is 2030. The van der Waals surface area contributed by atoms with Gasteiger partial charge in [0.1, 0.15) is 0 Å². The average molecular weight is 657 g/mol. The molecule has 1 aliphatic heterocycles. The van der Waals surface area contributed by atoms with Crippen LogP contribution >= 0.6 is 11.6 Å². The van der Waals surface area contributed by atoms with Crippen molar-refractivity contribution in [1.82, 2.24) is 5.01 Å². The number of rotatable bonds is 7. The number of non-ortho nitro benzene ring substituents is 2. The van der Waals surface area contributed by atoms with Gasteiger partial charge in [-0.2, -0.15) is 5.10 Å². The lowest BCUT2D eigenvalue weighted by atomic mass is 9.77. The zero-order valence-electron chi connectivity index (χ0n) is 24.0. The third kappa shape index (κ3) is 5.92. The zero-order chi connectivity index (χ0) is 32.6. The lowest BCUT2D eigenvalue weighted by molar-refractivity contribution is -0.385. The number of nitro groups is 2. The van der Waals surface area contributed by atoms with Crippen LogP contribution in [0.4, 0.5) is 11.4 Å². The molecule has 13 heteroatoms. The topological polar surface area (TPSA) is 153 Å². The number of nitrogens with zero attached hydrogens (tertiary/aromatic N) is 4. The molecule has 0 spiro atoms. The minimum atomic E-state index is -3.97. The first-order chi connectivity index (χ1) is 22.0. The molecule has 6 rings (SSSR count). The summed E-state index contributed by atoms with van der Waals surface area (Å²) < 4.78 is 26.8. The Balaban J connectivity index is 1.40. The first-order valence-electron chi connectivity index (χ1n) is 14.3. The molecule has 0 bridgehead atoms. The molecule has 0 aromatic heterocycles. The lowest BCUT2D eigenvalue weighted by Crippen LogP contribution is -2.32. The Labute approximate surface area is 268 Å². The van der Waals surface area contributed by atoms with Crippen molar-refractivity contribution in [1.29, 1.82) is 0 Å². The second-order valence-electron chi connectivity index (χ2n) is 10.9. The average Bonchev–Trinajstić information content (AvgIpc) is 3.45. The summed E-state index contributed by atoms with van der Waals surface area (Å²) in [5.41, 5.74) is 2.90. The Hall–Kier alpha value is -5.20. The first-order valence-corrected chi connectivity index (χ1v) is 16.1. The highest BCUT2D eigenvalue weighted by Crippen LogP contribution is 2.45. The number of allylic oxidation sites excluding steroid dienone is 1. The highest BCUT2D eigenvalue weighted by atomic mass is 35.5. The van der Waals surface area contributed by atoms with E-state index in [1.54, 1.807) is 24.3 Å². The lowest BCUT2D eigenvalue weighted by Gasteiger charge is -2.29. The normalized spacial score (nSPS) is 18.6. The van der Waals surface area contributed by atoms with Crippen molar-refractivity contribution < 1.29 is 23.1 Å². The minimum absolute atomic E-state index is 0.0266. The summed E-state index contributed by atoms with van der Waals surface area (Å²) in [5, 5.41) is 29.0. The fourth-order valence-corrected chi connectivity index (χ4v) is 7.30. The molecule has 4 aromatic rings. The van der Waals surface area contributed by atoms with E-state index in [0.717, 1.165) is 17.6 Å². The van der Waals surface area contributed by atoms with Crippen LogP contribution in [-0.4, -0.2) is 34.9 Å². The molecule has 0 N–H and O–H groups in total. The van der Waals surface area contributed by atoms with Crippen LogP contribution in [0, 0.1) is 26.1 Å². The second-order valence-corrected chi connectivity index (χ2v) is 13.3. The summed E-state index contributed by atoms with van der Waals surface area (Å²) in [6.07, 6.45) is 4.03. The van der Waals surface area contributed by atoms with E-state index >= 15 is 0 Å². The SMILES string of the molecule is O=C(c1cccc(S(=O)(=O)c2ccc(Cl)cc2)c1)N1N=C2/C(=C\c3ccc([N+](=O)[O-])cc3)CCC[C@@H]2[C@H]1c1ccc([N+](=O)[O-])cc1. The van der Waals surface area contributed by atoms with Crippen LogP contribution in [0.3, 0.4) is 0 Å². The van der Waals surface area contributed by atoms with Gasteiger partial charge in [0.05, 0.1) is 31.4 Å². The number of amides is 1. The molecule has 1 aliphatic carbocycles. The largest absolute Gasteiger partial charge is 0.274 e. The predicted octanol–water partition coefficient (Wildman–Crippen LogP) is 7.43. The molecule has 46 heavy (non-hydrogen) atoms. The Morgan fingerprint density at radius 1 is 0.870 bits per heavy atom. The molecule has 232 valence electrons. The van der Waals surface area contributed by atoms with Crippen molar-refractivity contribution in [2.24, 2.45) is 11.0 Å². The van der Waals surface area contributed by atoms with Gasteiger partial charge < -0.3 is 0 Å². The molecule has 1 saturated carbocycles. The molecule has 0 radical (unpaired) electrons. The molecule has 11 nitrogen and oxygen atoms in total. The fraction of sp³-hybridized carbons (Fsp3) is 0.152. The molecule has 1 heterocycles. The predicted molar refractivity (Wildman–Crippen MR) is 171 cm³/mol. The molecule has 2 atom stereocenters. The number of carbonyl (C=O) groups excluding carboxylic acids is 1. The van der Waals surface area contributed by atoms with Crippen molar-refractivity contribution in [3.05, 3.63) is 145 Å². The molecule has 0 unspecified atom stereocenters. The zero-order valence-corrected chi connectivity index (χ0v) is 25.6. The monoisotopic (exact) mass is 656 g/mol. The van der Waals surface area contributed by atoms with Crippen molar-refractivity contribution in [2.45, 2.75) is 35.1 Å².